The quantitative estimate of drug-likeness (QED) is 0.839. The van der Waals surface area contributed by atoms with E-state index >= 15 is 0 Å². The average Bonchev–Trinajstić information content (AvgIpc) is 3.32. The molecule has 6 heteroatoms. The van der Waals surface area contributed by atoms with E-state index in [4.69, 9.17) is 0 Å². The van der Waals surface area contributed by atoms with Crippen molar-refractivity contribution in [2.45, 2.75) is 19.3 Å². The highest BCUT2D eigenvalue weighted by Crippen LogP contribution is 2.31. The van der Waals surface area contributed by atoms with Gasteiger partial charge in [0.2, 0.25) is 5.91 Å². The Morgan fingerprint density at radius 3 is 2.36 bits per heavy atom. The van der Waals surface area contributed by atoms with Gasteiger partial charge >= 0.3 is 0 Å². The first-order valence-corrected chi connectivity index (χ1v) is 7.59. The fourth-order valence-electron chi connectivity index (χ4n) is 2.76. The Hall–Kier alpha value is -1.98. The van der Waals surface area contributed by atoms with Crippen LogP contribution in [0.5, 0.6) is 0 Å². The van der Waals surface area contributed by atoms with Crippen LogP contribution >= 0.6 is 0 Å². The lowest BCUT2D eigenvalue weighted by Gasteiger charge is -2.22. The summed E-state index contributed by atoms with van der Waals surface area (Å²) in [5.74, 6) is -1.66. The Kier molecular flexibility index (Phi) is 4.09. The van der Waals surface area contributed by atoms with Gasteiger partial charge in [0.1, 0.15) is 11.6 Å². The monoisotopic (exact) mass is 308 g/mol. The van der Waals surface area contributed by atoms with Crippen LogP contribution in [0.4, 0.5) is 8.78 Å². The van der Waals surface area contributed by atoms with E-state index in [0.29, 0.717) is 38.7 Å². The highest BCUT2D eigenvalue weighted by Gasteiger charge is 2.34. The summed E-state index contributed by atoms with van der Waals surface area (Å²) in [4.78, 5) is 27.8. The molecule has 1 aliphatic carbocycles. The molecule has 0 atom stereocenters. The molecule has 0 spiro atoms. The van der Waals surface area contributed by atoms with Gasteiger partial charge in [-0.2, -0.15) is 0 Å². The highest BCUT2D eigenvalue weighted by molar-refractivity contribution is 5.94. The number of amides is 2. The van der Waals surface area contributed by atoms with Crippen molar-refractivity contribution in [2.24, 2.45) is 5.92 Å². The molecule has 3 rings (SSSR count). The van der Waals surface area contributed by atoms with E-state index in [9.17, 15) is 18.4 Å². The minimum Gasteiger partial charge on any atom is -0.341 e. The summed E-state index contributed by atoms with van der Waals surface area (Å²) < 4.78 is 26.7. The number of hydrogen-bond donors (Lipinski definition) is 0. The molecule has 1 aliphatic heterocycles. The van der Waals surface area contributed by atoms with E-state index in [-0.39, 0.29) is 17.4 Å². The van der Waals surface area contributed by atoms with Crippen molar-refractivity contribution in [3.8, 4) is 0 Å². The van der Waals surface area contributed by atoms with E-state index in [1.807, 2.05) is 0 Å². The van der Waals surface area contributed by atoms with Crippen molar-refractivity contribution in [2.75, 3.05) is 26.2 Å². The Morgan fingerprint density at radius 2 is 1.68 bits per heavy atom. The minimum absolute atomic E-state index is 0.122. The third-order valence-corrected chi connectivity index (χ3v) is 4.18. The van der Waals surface area contributed by atoms with Gasteiger partial charge in [-0.25, -0.2) is 8.78 Å². The molecule has 2 aliphatic rings. The molecule has 0 radical (unpaired) electrons. The summed E-state index contributed by atoms with van der Waals surface area (Å²) in [6, 6.07) is 2.97. The minimum atomic E-state index is -0.847. The van der Waals surface area contributed by atoms with Gasteiger partial charge in [-0.1, -0.05) is 0 Å². The SMILES string of the molecule is O=C(c1ccc(F)cc1F)N1CCCN(C(=O)C2CC2)CC1. The maximum absolute atomic E-state index is 13.7. The predicted molar refractivity (Wildman–Crippen MR) is 76.2 cm³/mol. The molecule has 22 heavy (non-hydrogen) atoms. The van der Waals surface area contributed by atoms with Crippen LogP contribution in [-0.2, 0) is 4.79 Å². The molecule has 1 saturated heterocycles. The molecule has 0 unspecified atom stereocenters. The van der Waals surface area contributed by atoms with Gasteiger partial charge in [0, 0.05) is 38.2 Å². The summed E-state index contributed by atoms with van der Waals surface area (Å²) in [5.41, 5.74) is -0.122. The van der Waals surface area contributed by atoms with Crippen LogP contribution in [0.2, 0.25) is 0 Å². The number of nitrogens with zero attached hydrogens (tertiary/aromatic N) is 2. The molecule has 0 aromatic heterocycles. The zero-order valence-corrected chi connectivity index (χ0v) is 12.2. The van der Waals surface area contributed by atoms with Crippen LogP contribution in [-0.4, -0.2) is 47.8 Å². The van der Waals surface area contributed by atoms with Gasteiger partial charge in [-0.05, 0) is 31.4 Å². The average molecular weight is 308 g/mol. The molecule has 2 fully saturated rings. The Balaban J connectivity index is 1.67. The Morgan fingerprint density at radius 1 is 1.00 bits per heavy atom. The van der Waals surface area contributed by atoms with E-state index in [1.54, 1.807) is 4.90 Å². The smallest absolute Gasteiger partial charge is 0.256 e. The van der Waals surface area contributed by atoms with E-state index in [0.717, 1.165) is 18.9 Å². The fraction of sp³-hybridized carbons (Fsp3) is 0.500. The molecule has 1 saturated carbocycles. The van der Waals surface area contributed by atoms with Crippen LogP contribution in [0.1, 0.15) is 29.6 Å². The van der Waals surface area contributed by atoms with Gasteiger partial charge < -0.3 is 9.80 Å². The van der Waals surface area contributed by atoms with Crippen LogP contribution in [0.25, 0.3) is 0 Å². The van der Waals surface area contributed by atoms with E-state index < -0.39 is 17.5 Å². The highest BCUT2D eigenvalue weighted by atomic mass is 19.1. The lowest BCUT2D eigenvalue weighted by Crippen LogP contribution is -2.38. The number of halogens is 2. The van der Waals surface area contributed by atoms with Gasteiger partial charge in [0.15, 0.2) is 0 Å². The molecule has 4 nitrogen and oxygen atoms in total. The van der Waals surface area contributed by atoms with Gasteiger partial charge in [0.05, 0.1) is 5.56 Å². The summed E-state index contributed by atoms with van der Waals surface area (Å²) in [5, 5.41) is 0. The largest absolute Gasteiger partial charge is 0.341 e. The molecule has 1 aromatic rings. The summed E-state index contributed by atoms with van der Waals surface area (Å²) >= 11 is 0. The van der Waals surface area contributed by atoms with Gasteiger partial charge in [-0.15, -0.1) is 0 Å². The van der Waals surface area contributed by atoms with Crippen molar-refractivity contribution in [3.05, 3.63) is 35.4 Å². The van der Waals surface area contributed by atoms with E-state index in [2.05, 4.69) is 0 Å². The van der Waals surface area contributed by atoms with Crippen molar-refractivity contribution in [1.82, 2.24) is 9.80 Å². The predicted octanol–water partition coefficient (Wildman–Crippen LogP) is 2.05. The van der Waals surface area contributed by atoms with E-state index in [1.165, 1.54) is 11.0 Å². The van der Waals surface area contributed by atoms with Crippen LogP contribution < -0.4 is 0 Å². The van der Waals surface area contributed by atoms with Crippen LogP contribution in [0.3, 0.4) is 0 Å². The lowest BCUT2D eigenvalue weighted by atomic mass is 10.1. The fourth-order valence-corrected chi connectivity index (χ4v) is 2.76. The Labute approximate surface area is 127 Å². The van der Waals surface area contributed by atoms with Crippen molar-refractivity contribution >= 4 is 11.8 Å². The second kappa shape index (κ2) is 6.02. The maximum atomic E-state index is 13.7. The zero-order chi connectivity index (χ0) is 15.7. The topological polar surface area (TPSA) is 40.6 Å². The third kappa shape index (κ3) is 3.10. The summed E-state index contributed by atoms with van der Waals surface area (Å²) in [6.07, 6.45) is 2.59. The van der Waals surface area contributed by atoms with Crippen molar-refractivity contribution in [3.63, 3.8) is 0 Å². The lowest BCUT2D eigenvalue weighted by molar-refractivity contribution is -0.132. The first kappa shape index (κ1) is 14.9. The van der Waals surface area contributed by atoms with Crippen molar-refractivity contribution < 1.29 is 18.4 Å². The number of rotatable bonds is 2. The summed E-state index contributed by atoms with van der Waals surface area (Å²) in [7, 11) is 0. The molecular formula is C16H18F2N2O2. The maximum Gasteiger partial charge on any atom is 0.256 e. The molecule has 0 N–H and O–H groups in total. The molecule has 1 heterocycles. The van der Waals surface area contributed by atoms with Crippen LogP contribution in [0.15, 0.2) is 18.2 Å². The molecular weight excluding hydrogens is 290 g/mol. The van der Waals surface area contributed by atoms with Crippen molar-refractivity contribution in [1.29, 1.82) is 0 Å². The zero-order valence-electron chi connectivity index (χ0n) is 12.2. The molecule has 2 amide bonds. The number of hydrogen-bond acceptors (Lipinski definition) is 2. The first-order chi connectivity index (χ1) is 10.6. The van der Waals surface area contributed by atoms with Gasteiger partial charge in [-0.3, -0.25) is 9.59 Å². The number of carbonyl (C=O) groups is 2. The second-order valence-corrected chi connectivity index (χ2v) is 5.87. The molecule has 118 valence electrons. The number of carbonyl (C=O) groups excluding carboxylic acids is 2. The van der Waals surface area contributed by atoms with Gasteiger partial charge in [0.25, 0.3) is 5.91 Å². The number of benzene rings is 1. The normalized spacial score (nSPS) is 19.0. The third-order valence-electron chi connectivity index (χ3n) is 4.18. The second-order valence-electron chi connectivity index (χ2n) is 5.87. The molecule has 0 bridgehead atoms. The summed E-state index contributed by atoms with van der Waals surface area (Å²) in [6.45, 7) is 1.97. The standard InChI is InChI=1S/C16H18F2N2O2/c17-12-4-5-13(14(18)10-12)16(22)20-7-1-6-19(8-9-20)15(21)11-2-3-11/h4-5,10-11H,1-3,6-9H2. The Bertz CT molecular complexity index is 602. The molecule has 1 aromatic carbocycles. The first-order valence-electron chi connectivity index (χ1n) is 7.59. The van der Waals surface area contributed by atoms with Crippen LogP contribution in [0, 0.1) is 17.6 Å².